The van der Waals surface area contributed by atoms with Crippen molar-refractivity contribution in [2.24, 2.45) is 0 Å². The van der Waals surface area contributed by atoms with Gasteiger partial charge in [0, 0.05) is 19.8 Å². The lowest BCUT2D eigenvalue weighted by atomic mass is 10.2. The van der Waals surface area contributed by atoms with Crippen molar-refractivity contribution in [3.05, 3.63) is 0 Å². The molecule has 0 spiro atoms. The normalized spacial score (nSPS) is 17.9. The summed E-state index contributed by atoms with van der Waals surface area (Å²) in [6, 6.07) is 1.97. The molecule has 0 amide bonds. The highest BCUT2D eigenvalue weighted by Gasteiger charge is 2.23. The summed E-state index contributed by atoms with van der Waals surface area (Å²) in [7, 11) is -0.544. The SMILES string of the molecule is N#CCCOB1OCCCO1. The van der Waals surface area contributed by atoms with E-state index in [-0.39, 0.29) is 0 Å². The lowest BCUT2D eigenvalue weighted by molar-refractivity contribution is 0.0544. The van der Waals surface area contributed by atoms with E-state index in [1.165, 1.54) is 0 Å². The Bertz CT molecular complexity index is 141. The summed E-state index contributed by atoms with van der Waals surface area (Å²) >= 11 is 0. The number of nitrogens with zero attached hydrogens (tertiary/aromatic N) is 1. The van der Waals surface area contributed by atoms with E-state index in [9.17, 15) is 0 Å². The third-order valence-electron chi connectivity index (χ3n) is 1.26. The van der Waals surface area contributed by atoms with E-state index in [0.29, 0.717) is 26.2 Å². The van der Waals surface area contributed by atoms with Gasteiger partial charge < -0.3 is 14.0 Å². The highest BCUT2D eigenvalue weighted by atomic mass is 16.7. The van der Waals surface area contributed by atoms with Crippen LogP contribution in [0.4, 0.5) is 0 Å². The van der Waals surface area contributed by atoms with E-state index in [1.807, 2.05) is 6.07 Å². The molecule has 0 aliphatic carbocycles. The predicted octanol–water partition coefficient (Wildman–Crippen LogP) is 0.338. The van der Waals surface area contributed by atoms with Crippen LogP contribution in [0.1, 0.15) is 12.8 Å². The summed E-state index contributed by atoms with van der Waals surface area (Å²) in [6.07, 6.45) is 1.29. The van der Waals surface area contributed by atoms with Gasteiger partial charge >= 0.3 is 7.32 Å². The van der Waals surface area contributed by atoms with Gasteiger partial charge in [-0.25, -0.2) is 0 Å². The fraction of sp³-hybridized carbons (Fsp3) is 0.833. The quantitative estimate of drug-likeness (QED) is 0.435. The Balaban J connectivity index is 2.01. The Hall–Kier alpha value is -0.565. The molecule has 11 heavy (non-hydrogen) atoms. The second-order valence-electron chi connectivity index (χ2n) is 2.16. The minimum atomic E-state index is -0.544. The Morgan fingerprint density at radius 2 is 2.18 bits per heavy atom. The van der Waals surface area contributed by atoms with Crippen LogP contribution in [0.2, 0.25) is 0 Å². The Kier molecular flexibility index (Phi) is 3.98. The molecule has 1 fully saturated rings. The molecule has 1 saturated heterocycles. The van der Waals surface area contributed by atoms with Crippen LogP contribution in [0.3, 0.4) is 0 Å². The van der Waals surface area contributed by atoms with Crippen LogP contribution in [-0.4, -0.2) is 27.1 Å². The zero-order valence-electron chi connectivity index (χ0n) is 6.28. The van der Waals surface area contributed by atoms with Gasteiger partial charge in [0.15, 0.2) is 0 Å². The number of rotatable bonds is 3. The van der Waals surface area contributed by atoms with E-state index < -0.39 is 7.32 Å². The first-order chi connectivity index (χ1) is 5.43. The predicted molar refractivity (Wildman–Crippen MR) is 38.5 cm³/mol. The summed E-state index contributed by atoms with van der Waals surface area (Å²) in [5.74, 6) is 0. The van der Waals surface area contributed by atoms with Crippen molar-refractivity contribution in [2.45, 2.75) is 12.8 Å². The lowest BCUT2D eigenvalue weighted by Crippen LogP contribution is -2.33. The second kappa shape index (κ2) is 5.13. The van der Waals surface area contributed by atoms with Crippen LogP contribution >= 0.6 is 0 Å². The van der Waals surface area contributed by atoms with Crippen molar-refractivity contribution in [2.75, 3.05) is 19.8 Å². The molecule has 0 bridgehead atoms. The molecule has 0 saturated carbocycles. The first-order valence-electron chi connectivity index (χ1n) is 3.65. The molecule has 1 rings (SSSR count). The molecule has 0 N–H and O–H groups in total. The van der Waals surface area contributed by atoms with Crippen molar-refractivity contribution in [1.82, 2.24) is 0 Å². The van der Waals surface area contributed by atoms with E-state index in [1.54, 1.807) is 0 Å². The van der Waals surface area contributed by atoms with Gasteiger partial charge in [-0.15, -0.1) is 0 Å². The van der Waals surface area contributed by atoms with Crippen molar-refractivity contribution in [1.29, 1.82) is 5.26 Å². The second-order valence-corrected chi connectivity index (χ2v) is 2.16. The van der Waals surface area contributed by atoms with Crippen LogP contribution in [0.15, 0.2) is 0 Å². The molecule has 0 radical (unpaired) electrons. The minimum absolute atomic E-state index is 0.376. The van der Waals surface area contributed by atoms with Crippen LogP contribution in [0.25, 0.3) is 0 Å². The average molecular weight is 155 g/mol. The van der Waals surface area contributed by atoms with Crippen molar-refractivity contribution < 1.29 is 14.0 Å². The zero-order valence-corrected chi connectivity index (χ0v) is 6.28. The fourth-order valence-electron chi connectivity index (χ4n) is 0.763. The maximum atomic E-state index is 8.18. The summed E-state index contributed by atoms with van der Waals surface area (Å²) in [5.41, 5.74) is 0. The Labute approximate surface area is 66.2 Å². The van der Waals surface area contributed by atoms with Crippen molar-refractivity contribution in [3.63, 3.8) is 0 Å². The number of hydrogen-bond acceptors (Lipinski definition) is 4. The van der Waals surface area contributed by atoms with Gasteiger partial charge in [-0.3, -0.25) is 0 Å². The fourth-order valence-corrected chi connectivity index (χ4v) is 0.763. The summed E-state index contributed by atoms with van der Waals surface area (Å²) in [5, 5.41) is 8.18. The molecule has 0 aromatic carbocycles. The van der Waals surface area contributed by atoms with Crippen molar-refractivity contribution >= 4 is 7.32 Å². The number of nitriles is 1. The largest absolute Gasteiger partial charge is 0.639 e. The summed E-state index contributed by atoms with van der Waals surface area (Å²) < 4.78 is 15.2. The van der Waals surface area contributed by atoms with E-state index in [0.717, 1.165) is 6.42 Å². The van der Waals surface area contributed by atoms with Gasteiger partial charge in [-0.2, -0.15) is 5.26 Å². The van der Waals surface area contributed by atoms with Gasteiger partial charge in [0.05, 0.1) is 12.5 Å². The molecule has 1 heterocycles. The molecule has 0 aromatic heterocycles. The van der Waals surface area contributed by atoms with Gasteiger partial charge in [0.1, 0.15) is 0 Å². The maximum absolute atomic E-state index is 8.18. The van der Waals surface area contributed by atoms with Crippen LogP contribution in [-0.2, 0) is 14.0 Å². The zero-order chi connectivity index (χ0) is 7.94. The first-order valence-corrected chi connectivity index (χ1v) is 3.65. The summed E-state index contributed by atoms with van der Waals surface area (Å²) in [4.78, 5) is 0. The topological polar surface area (TPSA) is 51.5 Å². The van der Waals surface area contributed by atoms with E-state index in [4.69, 9.17) is 19.2 Å². The average Bonchev–Trinajstić information content (AvgIpc) is 2.07. The molecule has 0 aromatic rings. The third-order valence-corrected chi connectivity index (χ3v) is 1.26. The first kappa shape index (κ1) is 8.53. The molecular formula is C6H10BNO3. The van der Waals surface area contributed by atoms with Gasteiger partial charge in [0.2, 0.25) is 0 Å². The maximum Gasteiger partial charge on any atom is 0.639 e. The van der Waals surface area contributed by atoms with Gasteiger partial charge in [0.25, 0.3) is 0 Å². The molecule has 0 unspecified atom stereocenters. The Morgan fingerprint density at radius 1 is 1.45 bits per heavy atom. The molecule has 4 nitrogen and oxygen atoms in total. The van der Waals surface area contributed by atoms with Crippen LogP contribution in [0.5, 0.6) is 0 Å². The monoisotopic (exact) mass is 155 g/mol. The highest BCUT2D eigenvalue weighted by Crippen LogP contribution is 2.01. The van der Waals surface area contributed by atoms with Gasteiger partial charge in [-0.05, 0) is 6.42 Å². The Morgan fingerprint density at radius 3 is 2.82 bits per heavy atom. The highest BCUT2D eigenvalue weighted by molar-refractivity contribution is 6.36. The minimum Gasteiger partial charge on any atom is -0.386 e. The van der Waals surface area contributed by atoms with Crippen LogP contribution in [0, 0.1) is 11.3 Å². The summed E-state index contributed by atoms with van der Waals surface area (Å²) in [6.45, 7) is 1.73. The molecular weight excluding hydrogens is 145 g/mol. The molecule has 0 atom stereocenters. The smallest absolute Gasteiger partial charge is 0.386 e. The van der Waals surface area contributed by atoms with Gasteiger partial charge in [-0.1, -0.05) is 0 Å². The molecule has 60 valence electrons. The third kappa shape index (κ3) is 3.37. The number of hydrogen-bond donors (Lipinski definition) is 0. The standard InChI is InChI=1S/C6H10BNO3/c8-3-1-4-9-7-10-5-2-6-11-7/h1-2,4-6H2. The molecule has 1 aliphatic heterocycles. The van der Waals surface area contributed by atoms with Crippen molar-refractivity contribution in [3.8, 4) is 6.07 Å². The lowest BCUT2D eigenvalue weighted by Gasteiger charge is -2.17. The van der Waals surface area contributed by atoms with E-state index >= 15 is 0 Å². The molecule has 1 aliphatic rings. The molecule has 5 heteroatoms. The van der Waals surface area contributed by atoms with E-state index in [2.05, 4.69) is 0 Å². The van der Waals surface area contributed by atoms with Crippen LogP contribution < -0.4 is 0 Å².